The molecule has 5 heterocycles. The summed E-state index contributed by atoms with van der Waals surface area (Å²) in [6, 6.07) is 18.9. The van der Waals surface area contributed by atoms with Crippen molar-refractivity contribution >= 4 is 118 Å². The number of aromatic carboxylic acids is 4. The van der Waals surface area contributed by atoms with Crippen LogP contribution in [0.25, 0.3) is 90.9 Å². The third kappa shape index (κ3) is 23.6. The van der Waals surface area contributed by atoms with Gasteiger partial charge in [0.05, 0.1) is 45.0 Å². The topological polar surface area (TPSA) is 505 Å². The number of nitrogens with one attached hydrogen (secondary N) is 2. The number of carboxylic acid groups (broad SMARTS) is 12. The smallest absolute Gasteiger partial charge is 0.335 e. The van der Waals surface area contributed by atoms with Crippen molar-refractivity contribution in [3.05, 3.63) is 162 Å². The van der Waals surface area contributed by atoms with Gasteiger partial charge in [0.15, 0.2) is 0 Å². The van der Waals surface area contributed by atoms with Crippen molar-refractivity contribution in [1.82, 2.24) is 19.9 Å². The van der Waals surface area contributed by atoms with Crippen molar-refractivity contribution in [1.29, 1.82) is 0 Å². The molecule has 2 aliphatic rings. The number of nitrogens with zero attached hydrogens (tertiary/aromatic N) is 2. The van der Waals surface area contributed by atoms with Crippen molar-refractivity contribution in [3.8, 4) is 44.5 Å². The molecule has 0 fully saturated rings. The molecule has 0 unspecified atom stereocenters. The highest BCUT2D eigenvalue weighted by molar-refractivity contribution is 6.04. The Morgan fingerprint density at radius 3 is 0.491 bits per heavy atom. The first-order valence-corrected chi connectivity index (χ1v) is 38.9. The van der Waals surface area contributed by atoms with E-state index in [2.05, 4.69) is 9.97 Å². The molecule has 116 heavy (non-hydrogen) atoms. The van der Waals surface area contributed by atoms with Gasteiger partial charge in [-0.2, -0.15) is 0 Å². The van der Waals surface area contributed by atoms with E-state index in [4.69, 9.17) is 9.97 Å². The molecule has 8 bridgehead atoms. The fourth-order valence-electron chi connectivity index (χ4n) is 15.4. The molecule has 3 aromatic heterocycles. The van der Waals surface area contributed by atoms with E-state index in [1.807, 2.05) is 0 Å². The summed E-state index contributed by atoms with van der Waals surface area (Å²) in [6.07, 6.45) is 8.48. The van der Waals surface area contributed by atoms with Gasteiger partial charge < -0.3 is 71.2 Å². The van der Waals surface area contributed by atoms with Crippen molar-refractivity contribution < 1.29 is 119 Å². The quantitative estimate of drug-likeness (QED) is 0.0158. The Morgan fingerprint density at radius 1 is 0.216 bits per heavy atom. The average Bonchev–Trinajstić information content (AvgIpc) is 1.57. The average molecular weight is 1590 g/mol. The van der Waals surface area contributed by atoms with Gasteiger partial charge in [0.2, 0.25) is 0 Å². The minimum Gasteiger partial charge on any atom is -0.481 e. The molecular weight excluding hydrogens is 1500 g/mol. The van der Waals surface area contributed by atoms with Crippen molar-refractivity contribution in [2.24, 2.45) is 0 Å². The number of carbonyl (C=O) groups is 12. The number of hydrogen-bond acceptors (Lipinski definition) is 14. The van der Waals surface area contributed by atoms with Gasteiger partial charge in [-0.05, 0) is 318 Å². The molecule has 28 heteroatoms. The molecule has 0 spiro atoms. The SMILES string of the molecule is O=C(O)CCCCc1cc(C(=O)O)cc(CCCCC(=O)O)c1-c1c2nc(c(-c3c(CCCCC(=O)O)cc(C(=O)O)cc3CCCCC(=O)O)c3ccc([nH]3)c(-c3c(CCCCC(=O)O)cc(C(=O)O)cc3CCCCC(=O)O)c3nc(c(-c4c(CCCCC(=O)O)cc(C(=O)O)cc4CCCCC(=O)O)c4ccc1[nH]4)C=C3)C=C2. The first-order chi connectivity index (χ1) is 55.5. The van der Waals surface area contributed by atoms with Crippen molar-refractivity contribution in [2.75, 3.05) is 0 Å². The van der Waals surface area contributed by atoms with Gasteiger partial charge in [-0.1, -0.05) is 0 Å². The highest BCUT2D eigenvalue weighted by Gasteiger charge is 2.30. The number of rotatable bonds is 48. The number of fused-ring (bicyclic) bond motifs is 8. The Labute approximate surface area is 666 Å². The predicted octanol–water partition coefficient (Wildman–Crippen LogP) is 16.5. The summed E-state index contributed by atoms with van der Waals surface area (Å²) in [5.41, 5.74) is 7.91. The second-order valence-corrected chi connectivity index (χ2v) is 29.2. The Balaban J connectivity index is 1.61. The van der Waals surface area contributed by atoms with E-state index >= 15 is 0 Å². The number of hydrogen-bond donors (Lipinski definition) is 14. The monoisotopic (exact) mass is 1590 g/mol. The minimum absolute atomic E-state index is 0.0848. The molecule has 0 aliphatic carbocycles. The Morgan fingerprint density at radius 2 is 0.362 bits per heavy atom. The highest BCUT2D eigenvalue weighted by atomic mass is 16.4. The van der Waals surface area contributed by atoms with E-state index < -0.39 is 71.6 Å². The lowest BCUT2D eigenvalue weighted by molar-refractivity contribution is -0.138. The molecule has 2 aliphatic heterocycles. The van der Waals surface area contributed by atoms with Crippen LogP contribution < -0.4 is 0 Å². The normalized spacial score (nSPS) is 11.6. The summed E-state index contributed by atoms with van der Waals surface area (Å²) in [4.78, 5) is 169. The van der Waals surface area contributed by atoms with Crippen molar-refractivity contribution in [2.45, 2.75) is 205 Å². The van der Waals surface area contributed by atoms with Gasteiger partial charge in [0, 0.05) is 95.7 Å². The third-order valence-corrected chi connectivity index (χ3v) is 20.6. The highest BCUT2D eigenvalue weighted by Crippen LogP contribution is 2.46. The van der Waals surface area contributed by atoms with Crippen LogP contribution in [0, 0.1) is 0 Å². The Bertz CT molecular complexity index is 4430. The molecule has 7 aromatic rings. The number of unbranched alkanes of at least 4 members (excludes halogenated alkanes) is 8. The van der Waals surface area contributed by atoms with Crippen LogP contribution in [-0.2, 0) is 89.7 Å². The predicted molar refractivity (Wildman–Crippen MR) is 430 cm³/mol. The molecule has 28 nitrogen and oxygen atoms in total. The zero-order chi connectivity index (χ0) is 83.9. The third-order valence-electron chi connectivity index (χ3n) is 20.6. The summed E-state index contributed by atoms with van der Waals surface area (Å²) >= 11 is 0. The molecule has 0 atom stereocenters. The van der Waals surface area contributed by atoms with E-state index in [1.165, 1.54) is 48.5 Å². The maximum Gasteiger partial charge on any atom is 0.335 e. The molecule has 9 rings (SSSR count). The summed E-state index contributed by atoms with van der Waals surface area (Å²) in [5, 5.41) is 123. The van der Waals surface area contributed by atoms with Gasteiger partial charge in [0.25, 0.3) is 0 Å². The molecular formula is C88H94N4O24. The van der Waals surface area contributed by atoms with Crippen molar-refractivity contribution in [3.63, 3.8) is 0 Å². The van der Waals surface area contributed by atoms with Gasteiger partial charge in [-0.15, -0.1) is 0 Å². The van der Waals surface area contributed by atoms with Gasteiger partial charge in [0.1, 0.15) is 0 Å². The zero-order valence-electron chi connectivity index (χ0n) is 64.0. The first kappa shape index (κ1) is 87.1. The van der Waals surface area contributed by atoms with Crippen LogP contribution in [0.3, 0.4) is 0 Å². The van der Waals surface area contributed by atoms with E-state index in [-0.39, 0.29) is 250 Å². The summed E-state index contributed by atoms with van der Waals surface area (Å²) < 4.78 is 0. The van der Waals surface area contributed by atoms with Gasteiger partial charge in [-0.3, -0.25) is 38.4 Å². The number of benzene rings is 4. The number of aryl methyl sites for hydroxylation is 8. The van der Waals surface area contributed by atoms with Crippen LogP contribution in [0.5, 0.6) is 0 Å². The van der Waals surface area contributed by atoms with Crippen LogP contribution in [0.15, 0.2) is 72.8 Å². The summed E-state index contributed by atoms with van der Waals surface area (Å²) in [7, 11) is 0. The van der Waals surface area contributed by atoms with E-state index in [9.17, 15) is 119 Å². The van der Waals surface area contributed by atoms with Crippen LogP contribution in [0.1, 0.15) is 263 Å². The van der Waals surface area contributed by atoms with Crippen LogP contribution in [0.4, 0.5) is 0 Å². The molecule has 610 valence electrons. The molecule has 0 amide bonds. The Hall–Kier alpha value is -12.9. The number of aliphatic carboxylic acids is 8. The standard InChI is InChI=1S/C88H94N4O24/c93-69(94)25-9-1-17-49-41-57(85(109)110)42-50(18-2-10-26-70(95)96)77(49)81-61-33-35-63(89-61)82(78-51(19-3-11-27-71(97)98)43-58(86(111)112)44-52(78)20-4-12-28-72(99)100)65-37-39-67(91-65)84(80-55(23-7-15-31-75(105)106)47-60(88(115)116)48-56(80)24-8-16-32-76(107)108)68-40-38-66(92-68)83(64-36-34-62(81)90-64)79-53(21-5-13-29-73(101)102)45-59(87(113)114)46-54(79)22-6-14-30-74(103)104/h33-48,89,92H,1-32H2,(H,93,94)(H,95,96)(H,97,98)(H,99,100)(H,101,102)(H,103,104)(H,105,106)(H,107,108)(H,109,110)(H,111,112)(H,113,114)(H,115,116). The fourth-order valence-corrected chi connectivity index (χ4v) is 15.4. The molecule has 0 radical (unpaired) electrons. The van der Waals surface area contributed by atoms with Gasteiger partial charge in [-0.25, -0.2) is 29.1 Å². The summed E-state index contributed by atoms with van der Waals surface area (Å²) in [6.45, 7) is 0. The number of aromatic nitrogens is 4. The Kier molecular flexibility index (Phi) is 31.0. The van der Waals surface area contributed by atoms with Crippen LogP contribution in [-0.4, -0.2) is 153 Å². The van der Waals surface area contributed by atoms with E-state index in [0.717, 1.165) is 0 Å². The van der Waals surface area contributed by atoms with Crippen LogP contribution >= 0.6 is 0 Å². The van der Waals surface area contributed by atoms with Crippen LogP contribution in [0.2, 0.25) is 0 Å². The largest absolute Gasteiger partial charge is 0.481 e. The number of aromatic amines is 2. The molecule has 14 N–H and O–H groups in total. The first-order valence-electron chi connectivity index (χ1n) is 38.9. The van der Waals surface area contributed by atoms with E-state index in [1.54, 1.807) is 48.6 Å². The fraction of sp³-hybridized carbons (Fsp3) is 0.364. The molecule has 0 saturated carbocycles. The zero-order valence-corrected chi connectivity index (χ0v) is 64.0. The summed E-state index contributed by atoms with van der Waals surface area (Å²) in [5.74, 6) is -13.9. The minimum atomic E-state index is -1.31. The number of H-pyrrole nitrogens is 2. The molecule has 0 saturated heterocycles. The second kappa shape index (κ2) is 41.2. The lowest BCUT2D eigenvalue weighted by Gasteiger charge is -2.19. The van der Waals surface area contributed by atoms with E-state index in [0.29, 0.717) is 111 Å². The lowest BCUT2D eigenvalue weighted by Crippen LogP contribution is -2.07. The maximum absolute atomic E-state index is 13.4. The molecule has 4 aromatic carbocycles. The second-order valence-electron chi connectivity index (χ2n) is 29.2. The van der Waals surface area contributed by atoms with Gasteiger partial charge >= 0.3 is 71.6 Å². The maximum atomic E-state index is 13.4. The number of carboxylic acids is 12. The lowest BCUT2D eigenvalue weighted by atomic mass is 9.86.